The highest BCUT2D eigenvalue weighted by Crippen LogP contribution is 2.24. The van der Waals surface area contributed by atoms with Crippen LogP contribution in [0.5, 0.6) is 11.5 Å². The van der Waals surface area contributed by atoms with Gasteiger partial charge in [0, 0.05) is 12.5 Å². The Hall–Kier alpha value is -3.54. The van der Waals surface area contributed by atoms with Gasteiger partial charge < -0.3 is 19.5 Å². The van der Waals surface area contributed by atoms with Crippen LogP contribution in [-0.2, 0) is 20.7 Å². The van der Waals surface area contributed by atoms with Gasteiger partial charge in [0.15, 0.2) is 6.61 Å². The zero-order valence-corrected chi connectivity index (χ0v) is 18.0. The summed E-state index contributed by atoms with van der Waals surface area (Å²) >= 11 is 0. The molecule has 0 aliphatic rings. The molecular weight excluding hydrogens is 394 g/mol. The highest BCUT2D eigenvalue weighted by atomic mass is 16.5. The molecule has 31 heavy (non-hydrogen) atoms. The van der Waals surface area contributed by atoms with Gasteiger partial charge in [0.2, 0.25) is 0 Å². The van der Waals surface area contributed by atoms with Crippen LogP contribution in [0.4, 0.5) is 0 Å². The molecule has 6 nitrogen and oxygen atoms in total. The number of nitrogens with one attached hydrogen (secondary N) is 1. The van der Waals surface area contributed by atoms with Gasteiger partial charge in [-0.2, -0.15) is 0 Å². The summed E-state index contributed by atoms with van der Waals surface area (Å²) in [6, 6.07) is 19.3. The second-order valence-corrected chi connectivity index (χ2v) is 7.24. The van der Waals surface area contributed by atoms with Crippen molar-refractivity contribution in [2.45, 2.75) is 25.8 Å². The first-order chi connectivity index (χ1) is 15.0. The second-order valence-electron chi connectivity index (χ2n) is 7.24. The normalized spacial score (nSPS) is 11.6. The number of benzene rings is 3. The largest absolute Gasteiger partial charge is 0.497 e. The van der Waals surface area contributed by atoms with Crippen LogP contribution < -0.4 is 14.8 Å². The number of hydrogen-bond donors (Lipinski definition) is 1. The lowest BCUT2D eigenvalue weighted by atomic mass is 10.00. The lowest BCUT2D eigenvalue weighted by Gasteiger charge is -2.16. The first kappa shape index (κ1) is 22.2. The Morgan fingerprint density at radius 3 is 2.32 bits per heavy atom. The number of amides is 1. The van der Waals surface area contributed by atoms with Crippen molar-refractivity contribution in [1.82, 2.24) is 5.32 Å². The third kappa shape index (κ3) is 5.98. The van der Waals surface area contributed by atoms with E-state index in [1.165, 1.54) is 0 Å². The van der Waals surface area contributed by atoms with Gasteiger partial charge in [0.05, 0.1) is 20.3 Å². The molecule has 0 saturated heterocycles. The molecule has 0 heterocycles. The number of methoxy groups -OCH3 is 2. The molecule has 1 atom stereocenters. The number of hydrogen-bond acceptors (Lipinski definition) is 5. The zero-order valence-electron chi connectivity index (χ0n) is 18.0. The van der Waals surface area contributed by atoms with Crippen LogP contribution in [0.15, 0.2) is 60.7 Å². The monoisotopic (exact) mass is 421 g/mol. The average molecular weight is 421 g/mol. The van der Waals surface area contributed by atoms with Crippen molar-refractivity contribution in [1.29, 1.82) is 0 Å². The van der Waals surface area contributed by atoms with E-state index in [2.05, 4.69) is 5.32 Å². The third-order valence-electron chi connectivity index (χ3n) is 5.06. The fraction of sp³-hybridized carbons (Fsp3) is 0.280. The average Bonchev–Trinajstić information content (AvgIpc) is 2.80. The molecule has 6 heteroatoms. The van der Waals surface area contributed by atoms with E-state index in [9.17, 15) is 9.59 Å². The molecular formula is C25H27NO5. The minimum absolute atomic E-state index is 0.155. The molecule has 0 fully saturated rings. The van der Waals surface area contributed by atoms with Crippen LogP contribution in [0.1, 0.15) is 30.5 Å². The topological polar surface area (TPSA) is 73.9 Å². The van der Waals surface area contributed by atoms with Gasteiger partial charge >= 0.3 is 5.97 Å². The van der Waals surface area contributed by atoms with Gasteiger partial charge in [-0.05, 0) is 47.4 Å². The maximum Gasteiger partial charge on any atom is 0.306 e. The van der Waals surface area contributed by atoms with Gasteiger partial charge in [-0.1, -0.05) is 42.5 Å². The van der Waals surface area contributed by atoms with Gasteiger partial charge in [-0.15, -0.1) is 0 Å². The number of carbonyl (C=O) groups excluding carboxylic acids is 2. The predicted molar refractivity (Wildman–Crippen MR) is 119 cm³/mol. The van der Waals surface area contributed by atoms with Crippen molar-refractivity contribution in [3.8, 4) is 11.5 Å². The standard InChI is InChI=1S/C25H27NO5/c1-17(22-10-6-8-19-7-4-5-9-23(19)22)26-24(27)16-31-25(28)12-11-18-13-20(29-2)15-21(14-18)30-3/h4-10,13-15,17H,11-12,16H2,1-3H3,(H,26,27)/t17-/m0/s1. The summed E-state index contributed by atoms with van der Waals surface area (Å²) in [5.41, 5.74) is 1.91. The van der Waals surface area contributed by atoms with Crippen LogP contribution in [0.25, 0.3) is 10.8 Å². The molecule has 0 aliphatic carbocycles. The predicted octanol–water partition coefficient (Wildman–Crippen LogP) is 4.21. The number of esters is 1. The quantitative estimate of drug-likeness (QED) is 0.524. The maximum absolute atomic E-state index is 12.3. The van der Waals surface area contributed by atoms with Crippen molar-refractivity contribution >= 4 is 22.6 Å². The van der Waals surface area contributed by atoms with E-state index in [-0.39, 0.29) is 25.0 Å². The fourth-order valence-electron chi connectivity index (χ4n) is 3.46. The second kappa shape index (κ2) is 10.5. The Labute approximate surface area is 182 Å². The molecule has 0 radical (unpaired) electrons. The molecule has 0 bridgehead atoms. The molecule has 0 spiro atoms. The number of carbonyl (C=O) groups is 2. The summed E-state index contributed by atoms with van der Waals surface area (Å²) in [6.07, 6.45) is 0.614. The third-order valence-corrected chi connectivity index (χ3v) is 5.06. The van der Waals surface area contributed by atoms with Crippen molar-refractivity contribution < 1.29 is 23.8 Å². The van der Waals surface area contributed by atoms with Crippen molar-refractivity contribution in [3.63, 3.8) is 0 Å². The lowest BCUT2D eigenvalue weighted by Crippen LogP contribution is -2.31. The number of aryl methyl sites for hydroxylation is 1. The molecule has 162 valence electrons. The van der Waals surface area contributed by atoms with E-state index in [1.807, 2.05) is 61.5 Å². The first-order valence-corrected chi connectivity index (χ1v) is 10.1. The molecule has 3 aromatic rings. The van der Waals surface area contributed by atoms with Crippen LogP contribution in [0, 0.1) is 0 Å². The highest BCUT2D eigenvalue weighted by Gasteiger charge is 2.14. The Morgan fingerprint density at radius 2 is 1.61 bits per heavy atom. The molecule has 0 aromatic heterocycles. The molecule has 3 aromatic carbocycles. The molecule has 1 amide bonds. The van der Waals surface area contributed by atoms with E-state index in [0.717, 1.165) is 21.9 Å². The summed E-state index contributed by atoms with van der Waals surface area (Å²) < 4.78 is 15.6. The number of fused-ring (bicyclic) bond motifs is 1. The van der Waals surface area contributed by atoms with Crippen LogP contribution >= 0.6 is 0 Å². The molecule has 0 aliphatic heterocycles. The Balaban J connectivity index is 1.50. The van der Waals surface area contributed by atoms with Crippen LogP contribution in [-0.4, -0.2) is 32.7 Å². The van der Waals surface area contributed by atoms with Crippen LogP contribution in [0.2, 0.25) is 0 Å². The maximum atomic E-state index is 12.3. The summed E-state index contributed by atoms with van der Waals surface area (Å²) in [7, 11) is 3.15. The van der Waals surface area contributed by atoms with Gasteiger partial charge in [0.25, 0.3) is 5.91 Å². The van der Waals surface area contributed by atoms with Gasteiger partial charge in [0.1, 0.15) is 11.5 Å². The minimum Gasteiger partial charge on any atom is -0.497 e. The number of rotatable bonds is 9. The molecule has 0 unspecified atom stereocenters. The van der Waals surface area contributed by atoms with E-state index in [1.54, 1.807) is 20.3 Å². The van der Waals surface area contributed by atoms with Crippen molar-refractivity contribution in [2.75, 3.05) is 20.8 Å². The summed E-state index contributed by atoms with van der Waals surface area (Å²) in [5.74, 6) is 0.542. The van der Waals surface area contributed by atoms with Gasteiger partial charge in [-0.25, -0.2) is 0 Å². The highest BCUT2D eigenvalue weighted by molar-refractivity contribution is 5.87. The fourth-order valence-corrected chi connectivity index (χ4v) is 3.46. The lowest BCUT2D eigenvalue weighted by molar-refractivity contribution is -0.148. The van der Waals surface area contributed by atoms with Crippen molar-refractivity contribution in [3.05, 3.63) is 71.8 Å². The molecule has 1 N–H and O–H groups in total. The van der Waals surface area contributed by atoms with Gasteiger partial charge in [-0.3, -0.25) is 9.59 Å². The number of ether oxygens (including phenoxy) is 3. The summed E-state index contributed by atoms with van der Waals surface area (Å²) in [6.45, 7) is 1.60. The Kier molecular flexibility index (Phi) is 7.49. The summed E-state index contributed by atoms with van der Waals surface area (Å²) in [5, 5.41) is 5.10. The molecule has 3 rings (SSSR count). The Morgan fingerprint density at radius 1 is 0.935 bits per heavy atom. The molecule has 0 saturated carbocycles. The van der Waals surface area contributed by atoms with E-state index in [0.29, 0.717) is 17.9 Å². The SMILES string of the molecule is COc1cc(CCC(=O)OCC(=O)N[C@@H](C)c2cccc3ccccc23)cc(OC)c1. The first-order valence-electron chi connectivity index (χ1n) is 10.1. The zero-order chi connectivity index (χ0) is 22.2. The van der Waals surface area contributed by atoms with E-state index < -0.39 is 5.97 Å². The smallest absolute Gasteiger partial charge is 0.306 e. The Bertz CT molecular complexity index is 1040. The van der Waals surface area contributed by atoms with Crippen molar-refractivity contribution in [2.24, 2.45) is 0 Å². The minimum atomic E-state index is -0.435. The van der Waals surface area contributed by atoms with E-state index >= 15 is 0 Å². The van der Waals surface area contributed by atoms with Crippen LogP contribution in [0.3, 0.4) is 0 Å². The summed E-state index contributed by atoms with van der Waals surface area (Å²) in [4.78, 5) is 24.4. The van der Waals surface area contributed by atoms with E-state index in [4.69, 9.17) is 14.2 Å².